The molecule has 4 nitrogen and oxygen atoms in total. The van der Waals surface area contributed by atoms with Gasteiger partial charge in [0.25, 0.3) is 0 Å². The molecule has 3 fully saturated rings. The summed E-state index contributed by atoms with van der Waals surface area (Å²) < 4.78 is 0. The van der Waals surface area contributed by atoms with E-state index in [9.17, 15) is 4.79 Å². The largest absolute Gasteiger partial charge is 0.335 e. The van der Waals surface area contributed by atoms with E-state index in [1.54, 1.807) is 0 Å². The molecular weight excluding hydrogens is 262 g/mol. The van der Waals surface area contributed by atoms with Crippen molar-refractivity contribution < 1.29 is 4.79 Å². The van der Waals surface area contributed by atoms with Crippen LogP contribution in [0.15, 0.2) is 0 Å². The predicted octanol–water partition coefficient (Wildman–Crippen LogP) is 2.83. The second-order valence-corrected chi connectivity index (χ2v) is 7.28. The summed E-state index contributed by atoms with van der Waals surface area (Å²) in [5.74, 6) is 0.641. The highest BCUT2D eigenvalue weighted by molar-refractivity contribution is 5.74. The first-order chi connectivity index (χ1) is 10.2. The van der Waals surface area contributed by atoms with Crippen molar-refractivity contribution in [2.24, 2.45) is 5.92 Å². The summed E-state index contributed by atoms with van der Waals surface area (Å²) in [7, 11) is 0. The Morgan fingerprint density at radius 2 is 1.52 bits per heavy atom. The van der Waals surface area contributed by atoms with Crippen molar-refractivity contribution in [3.05, 3.63) is 0 Å². The Morgan fingerprint density at radius 3 is 2.19 bits per heavy atom. The zero-order valence-electron chi connectivity index (χ0n) is 13.5. The number of piperazine rings is 1. The summed E-state index contributed by atoms with van der Waals surface area (Å²) in [6.45, 7) is 6.23. The van der Waals surface area contributed by atoms with Crippen molar-refractivity contribution in [3.8, 4) is 0 Å². The summed E-state index contributed by atoms with van der Waals surface area (Å²) in [5, 5.41) is 3.29. The van der Waals surface area contributed by atoms with Crippen LogP contribution < -0.4 is 5.32 Å². The zero-order chi connectivity index (χ0) is 14.7. The first-order valence-electron chi connectivity index (χ1n) is 9.03. The second kappa shape index (κ2) is 6.99. The fourth-order valence-electron chi connectivity index (χ4n) is 4.34. The molecule has 3 rings (SSSR count). The highest BCUT2D eigenvalue weighted by Gasteiger charge is 2.29. The molecule has 2 atom stereocenters. The molecule has 1 N–H and O–H groups in total. The first-order valence-corrected chi connectivity index (χ1v) is 9.03. The molecule has 0 aromatic heterocycles. The van der Waals surface area contributed by atoms with Gasteiger partial charge < -0.3 is 10.2 Å². The monoisotopic (exact) mass is 293 g/mol. The van der Waals surface area contributed by atoms with Crippen molar-refractivity contribution in [2.75, 3.05) is 26.2 Å². The third kappa shape index (κ3) is 3.71. The minimum absolute atomic E-state index is 0.180. The van der Waals surface area contributed by atoms with Crippen LogP contribution in [0.4, 0.5) is 4.79 Å². The van der Waals surface area contributed by atoms with Gasteiger partial charge in [-0.1, -0.05) is 32.6 Å². The van der Waals surface area contributed by atoms with Gasteiger partial charge in [-0.3, -0.25) is 4.90 Å². The van der Waals surface area contributed by atoms with Gasteiger partial charge in [0, 0.05) is 38.3 Å². The maximum absolute atomic E-state index is 12.4. The molecule has 1 saturated heterocycles. The molecule has 4 heteroatoms. The molecule has 2 saturated carbocycles. The van der Waals surface area contributed by atoms with Gasteiger partial charge in [0.2, 0.25) is 0 Å². The molecule has 2 amide bonds. The molecule has 0 aromatic rings. The van der Waals surface area contributed by atoms with E-state index in [2.05, 4.69) is 17.1 Å². The van der Waals surface area contributed by atoms with E-state index in [-0.39, 0.29) is 6.03 Å². The summed E-state index contributed by atoms with van der Waals surface area (Å²) in [4.78, 5) is 17.1. The van der Waals surface area contributed by atoms with Crippen LogP contribution >= 0.6 is 0 Å². The average Bonchev–Trinajstić information content (AvgIpc) is 3.04. The molecule has 21 heavy (non-hydrogen) atoms. The van der Waals surface area contributed by atoms with Crippen molar-refractivity contribution in [1.29, 1.82) is 0 Å². The Morgan fingerprint density at radius 1 is 0.905 bits per heavy atom. The minimum atomic E-state index is 0.180. The summed E-state index contributed by atoms with van der Waals surface area (Å²) in [5.41, 5.74) is 0. The van der Waals surface area contributed by atoms with Gasteiger partial charge >= 0.3 is 6.03 Å². The number of nitrogens with one attached hydrogen (secondary N) is 1. The maximum atomic E-state index is 12.4. The lowest BCUT2D eigenvalue weighted by Gasteiger charge is -2.39. The van der Waals surface area contributed by atoms with Crippen LogP contribution in [-0.4, -0.2) is 54.1 Å². The third-order valence-electron chi connectivity index (χ3n) is 5.86. The first kappa shape index (κ1) is 15.1. The maximum Gasteiger partial charge on any atom is 0.317 e. The van der Waals surface area contributed by atoms with Gasteiger partial charge in [-0.05, 0) is 31.6 Å². The van der Waals surface area contributed by atoms with E-state index in [1.165, 1.54) is 44.9 Å². The van der Waals surface area contributed by atoms with Crippen LogP contribution in [0.2, 0.25) is 0 Å². The van der Waals surface area contributed by atoms with Gasteiger partial charge in [-0.15, -0.1) is 0 Å². The number of hydrogen-bond acceptors (Lipinski definition) is 2. The van der Waals surface area contributed by atoms with Gasteiger partial charge in [0.05, 0.1) is 0 Å². The smallest absolute Gasteiger partial charge is 0.317 e. The summed E-state index contributed by atoms with van der Waals surface area (Å²) >= 11 is 0. The van der Waals surface area contributed by atoms with E-state index in [0.29, 0.717) is 12.0 Å². The Labute approximate surface area is 129 Å². The fourth-order valence-corrected chi connectivity index (χ4v) is 4.34. The fraction of sp³-hybridized carbons (Fsp3) is 0.941. The van der Waals surface area contributed by atoms with Crippen LogP contribution in [0.25, 0.3) is 0 Å². The van der Waals surface area contributed by atoms with Crippen LogP contribution in [-0.2, 0) is 0 Å². The molecule has 0 aromatic carbocycles. The molecule has 2 aliphatic carbocycles. The van der Waals surface area contributed by atoms with Crippen LogP contribution in [0.3, 0.4) is 0 Å². The number of nitrogens with zero attached hydrogens (tertiary/aromatic N) is 2. The van der Waals surface area contributed by atoms with Crippen LogP contribution in [0.5, 0.6) is 0 Å². The molecule has 1 heterocycles. The van der Waals surface area contributed by atoms with Crippen LogP contribution in [0.1, 0.15) is 58.3 Å². The molecule has 1 aliphatic heterocycles. The topological polar surface area (TPSA) is 35.6 Å². The predicted molar refractivity (Wildman–Crippen MR) is 85.4 cm³/mol. The Hall–Kier alpha value is -0.770. The Bertz CT molecular complexity index is 346. The van der Waals surface area contributed by atoms with Crippen molar-refractivity contribution in [1.82, 2.24) is 15.1 Å². The standard InChI is InChI=1S/C17H31N3O/c1-14-6-2-5-9-16(14)18-17(21)20-12-10-19(11-13-20)15-7-3-4-8-15/h14-16H,2-13H2,1H3,(H,18,21). The van der Waals surface area contributed by atoms with Crippen LogP contribution in [0, 0.1) is 5.92 Å². The zero-order valence-corrected chi connectivity index (χ0v) is 13.5. The van der Waals surface area contributed by atoms with Gasteiger partial charge in [-0.2, -0.15) is 0 Å². The molecule has 2 unspecified atom stereocenters. The van der Waals surface area contributed by atoms with E-state index in [4.69, 9.17) is 0 Å². The molecule has 0 spiro atoms. The highest BCUT2D eigenvalue weighted by Crippen LogP contribution is 2.25. The lowest BCUT2D eigenvalue weighted by atomic mass is 9.86. The summed E-state index contributed by atoms with van der Waals surface area (Å²) in [6, 6.07) is 1.38. The molecule has 0 bridgehead atoms. The van der Waals surface area contributed by atoms with Crippen molar-refractivity contribution in [3.63, 3.8) is 0 Å². The number of amides is 2. The van der Waals surface area contributed by atoms with Gasteiger partial charge in [0.1, 0.15) is 0 Å². The van der Waals surface area contributed by atoms with Crippen molar-refractivity contribution in [2.45, 2.75) is 70.4 Å². The summed E-state index contributed by atoms with van der Waals surface area (Å²) in [6.07, 6.45) is 10.5. The third-order valence-corrected chi connectivity index (χ3v) is 5.86. The minimum Gasteiger partial charge on any atom is -0.335 e. The highest BCUT2D eigenvalue weighted by atomic mass is 16.2. The van der Waals surface area contributed by atoms with E-state index in [0.717, 1.165) is 38.6 Å². The Kier molecular flexibility index (Phi) is 5.04. The molecular formula is C17H31N3O. The van der Waals surface area contributed by atoms with Gasteiger partial charge in [-0.25, -0.2) is 4.79 Å². The number of rotatable bonds is 2. The molecule has 3 aliphatic rings. The number of hydrogen-bond donors (Lipinski definition) is 1. The van der Waals surface area contributed by atoms with Crippen molar-refractivity contribution >= 4 is 6.03 Å². The lowest BCUT2D eigenvalue weighted by Crippen LogP contribution is -2.56. The average molecular weight is 293 g/mol. The quantitative estimate of drug-likeness (QED) is 0.850. The number of urea groups is 1. The number of carbonyl (C=O) groups is 1. The SMILES string of the molecule is CC1CCCCC1NC(=O)N1CCN(C2CCCC2)CC1. The van der Waals surface area contributed by atoms with E-state index < -0.39 is 0 Å². The Balaban J connectivity index is 1.44. The second-order valence-electron chi connectivity index (χ2n) is 7.28. The van der Waals surface area contributed by atoms with E-state index in [1.807, 2.05) is 4.90 Å². The van der Waals surface area contributed by atoms with Gasteiger partial charge in [0.15, 0.2) is 0 Å². The lowest BCUT2D eigenvalue weighted by molar-refractivity contribution is 0.106. The number of carbonyl (C=O) groups excluding carboxylic acids is 1. The molecule has 0 radical (unpaired) electrons. The van der Waals surface area contributed by atoms with E-state index >= 15 is 0 Å². The normalized spacial score (nSPS) is 32.3. The molecule has 120 valence electrons.